The second-order valence-electron chi connectivity index (χ2n) is 4.13. The summed E-state index contributed by atoms with van der Waals surface area (Å²) in [6.45, 7) is -0.0842. The highest BCUT2D eigenvalue weighted by atomic mass is 16.3. The molecule has 2 aromatic rings. The molecule has 0 radical (unpaired) electrons. The van der Waals surface area contributed by atoms with Gasteiger partial charge >= 0.3 is 0 Å². The Bertz CT molecular complexity index is 523. The van der Waals surface area contributed by atoms with Crippen molar-refractivity contribution in [2.45, 2.75) is 12.0 Å². The molecule has 2 aromatic heterocycles. The molecule has 2 N–H and O–H groups in total. The molecule has 0 fully saturated rings. The van der Waals surface area contributed by atoms with Crippen molar-refractivity contribution >= 4 is 0 Å². The van der Waals surface area contributed by atoms with E-state index in [1.807, 2.05) is 12.1 Å². The zero-order chi connectivity index (χ0) is 11.9. The van der Waals surface area contributed by atoms with E-state index >= 15 is 0 Å². The number of pyridine rings is 2. The van der Waals surface area contributed by atoms with E-state index in [2.05, 4.69) is 9.97 Å². The van der Waals surface area contributed by atoms with Gasteiger partial charge in [-0.15, -0.1) is 0 Å². The van der Waals surface area contributed by atoms with Crippen LogP contribution >= 0.6 is 0 Å². The Balaban J connectivity index is 2.31. The molecule has 2 heterocycles. The largest absolute Gasteiger partial charge is 0.396 e. The maximum absolute atomic E-state index is 10.8. The highest BCUT2D eigenvalue weighted by Gasteiger charge is 2.42. The minimum Gasteiger partial charge on any atom is -0.396 e. The molecule has 0 saturated heterocycles. The van der Waals surface area contributed by atoms with Gasteiger partial charge in [0.05, 0.1) is 11.4 Å². The fourth-order valence-electron chi connectivity index (χ4n) is 2.43. The molecular formula is C13H12N2O2. The number of nitrogens with zero attached hydrogens (tertiary/aromatic N) is 2. The number of rotatable bonds is 2. The quantitative estimate of drug-likeness (QED) is 0.807. The maximum Gasteiger partial charge on any atom is 0.121 e. The van der Waals surface area contributed by atoms with E-state index in [-0.39, 0.29) is 13.0 Å². The fraction of sp³-hybridized carbons (Fsp3) is 0.231. The highest BCUT2D eigenvalue weighted by Crippen LogP contribution is 2.46. The molecule has 17 heavy (non-hydrogen) atoms. The number of fused-ring (bicyclic) bond motifs is 3. The predicted molar refractivity (Wildman–Crippen MR) is 62.2 cm³/mol. The molecular weight excluding hydrogens is 216 g/mol. The van der Waals surface area contributed by atoms with Gasteiger partial charge in [0, 0.05) is 36.5 Å². The van der Waals surface area contributed by atoms with Crippen LogP contribution in [0.5, 0.6) is 0 Å². The molecule has 86 valence electrons. The van der Waals surface area contributed by atoms with Crippen LogP contribution in [0.25, 0.3) is 11.4 Å². The summed E-state index contributed by atoms with van der Waals surface area (Å²) in [6.07, 6.45) is 3.62. The predicted octanol–water partition coefficient (Wildman–Crippen LogP) is 1.08. The van der Waals surface area contributed by atoms with Crippen molar-refractivity contribution in [3.8, 4) is 11.4 Å². The van der Waals surface area contributed by atoms with Crippen LogP contribution in [0.2, 0.25) is 0 Å². The van der Waals surface area contributed by atoms with Gasteiger partial charge < -0.3 is 10.2 Å². The Morgan fingerprint density at radius 1 is 1.00 bits per heavy atom. The van der Waals surface area contributed by atoms with Gasteiger partial charge in [0.2, 0.25) is 0 Å². The number of hydrogen-bond acceptors (Lipinski definition) is 4. The minimum atomic E-state index is -1.16. The van der Waals surface area contributed by atoms with E-state index in [1.54, 1.807) is 24.5 Å². The lowest BCUT2D eigenvalue weighted by atomic mass is 9.89. The van der Waals surface area contributed by atoms with Crippen molar-refractivity contribution in [3.05, 3.63) is 47.8 Å². The van der Waals surface area contributed by atoms with Crippen LogP contribution in [0.1, 0.15) is 17.5 Å². The summed E-state index contributed by atoms with van der Waals surface area (Å²) in [5.74, 6) is 0. The molecule has 1 aliphatic rings. The summed E-state index contributed by atoms with van der Waals surface area (Å²) < 4.78 is 0. The summed E-state index contributed by atoms with van der Waals surface area (Å²) in [6, 6.07) is 7.24. The Kier molecular flexibility index (Phi) is 2.21. The first-order valence-corrected chi connectivity index (χ1v) is 5.52. The lowest BCUT2D eigenvalue weighted by molar-refractivity contribution is 0.0549. The normalized spacial score (nSPS) is 15.4. The molecule has 1 aliphatic carbocycles. The molecule has 0 atom stereocenters. The van der Waals surface area contributed by atoms with Crippen LogP contribution < -0.4 is 0 Å². The second-order valence-corrected chi connectivity index (χ2v) is 4.13. The van der Waals surface area contributed by atoms with E-state index in [1.165, 1.54) is 0 Å². The van der Waals surface area contributed by atoms with Gasteiger partial charge in [-0.25, -0.2) is 0 Å². The fourth-order valence-corrected chi connectivity index (χ4v) is 2.43. The third-order valence-electron chi connectivity index (χ3n) is 3.20. The number of aliphatic hydroxyl groups is 2. The Hall–Kier alpha value is -1.78. The molecule has 0 aliphatic heterocycles. The lowest BCUT2D eigenvalue weighted by Crippen LogP contribution is -2.26. The van der Waals surface area contributed by atoms with E-state index in [0.29, 0.717) is 11.4 Å². The van der Waals surface area contributed by atoms with Gasteiger partial charge in [-0.1, -0.05) is 12.1 Å². The van der Waals surface area contributed by atoms with Crippen molar-refractivity contribution < 1.29 is 10.2 Å². The number of aliphatic hydroxyl groups excluding tert-OH is 1. The lowest BCUT2D eigenvalue weighted by Gasteiger charge is -2.23. The first-order valence-electron chi connectivity index (χ1n) is 5.52. The molecule has 0 amide bonds. The monoisotopic (exact) mass is 228 g/mol. The van der Waals surface area contributed by atoms with Gasteiger partial charge in [0.1, 0.15) is 5.60 Å². The van der Waals surface area contributed by atoms with Crippen LogP contribution in [-0.2, 0) is 5.60 Å². The second kappa shape index (κ2) is 3.61. The first-order chi connectivity index (χ1) is 8.27. The van der Waals surface area contributed by atoms with E-state index < -0.39 is 5.60 Å². The Labute approximate surface area is 98.6 Å². The topological polar surface area (TPSA) is 66.2 Å². The van der Waals surface area contributed by atoms with Crippen LogP contribution in [0.3, 0.4) is 0 Å². The average Bonchev–Trinajstić information content (AvgIpc) is 2.62. The zero-order valence-electron chi connectivity index (χ0n) is 9.17. The van der Waals surface area contributed by atoms with Gasteiger partial charge in [-0.05, 0) is 12.1 Å². The molecule has 0 unspecified atom stereocenters. The van der Waals surface area contributed by atoms with Crippen molar-refractivity contribution in [2.24, 2.45) is 0 Å². The van der Waals surface area contributed by atoms with Crippen molar-refractivity contribution in [1.82, 2.24) is 9.97 Å². The summed E-state index contributed by atoms with van der Waals surface area (Å²) in [7, 11) is 0. The molecule has 4 nitrogen and oxygen atoms in total. The first kappa shape index (κ1) is 10.4. The van der Waals surface area contributed by atoms with Gasteiger partial charge in [-0.2, -0.15) is 0 Å². The minimum absolute atomic E-state index is 0.0842. The molecule has 0 bridgehead atoms. The number of aromatic nitrogens is 2. The van der Waals surface area contributed by atoms with Gasteiger partial charge in [-0.3, -0.25) is 9.97 Å². The van der Waals surface area contributed by atoms with E-state index in [4.69, 9.17) is 5.11 Å². The average molecular weight is 228 g/mol. The van der Waals surface area contributed by atoms with Crippen molar-refractivity contribution in [1.29, 1.82) is 0 Å². The smallest absolute Gasteiger partial charge is 0.121 e. The van der Waals surface area contributed by atoms with Crippen LogP contribution in [0.4, 0.5) is 0 Å². The van der Waals surface area contributed by atoms with Crippen LogP contribution in [0, 0.1) is 0 Å². The SMILES string of the molecule is OCCC1(O)c2cccnc2-c2ncccc21. The Morgan fingerprint density at radius 2 is 1.53 bits per heavy atom. The molecule has 3 rings (SSSR count). The molecule has 4 heteroatoms. The zero-order valence-corrected chi connectivity index (χ0v) is 9.17. The maximum atomic E-state index is 10.8. The van der Waals surface area contributed by atoms with Crippen LogP contribution in [-0.4, -0.2) is 26.8 Å². The Morgan fingerprint density at radius 3 is 2.00 bits per heavy atom. The van der Waals surface area contributed by atoms with Crippen molar-refractivity contribution in [3.63, 3.8) is 0 Å². The summed E-state index contributed by atoms with van der Waals surface area (Å²) >= 11 is 0. The van der Waals surface area contributed by atoms with Crippen LogP contribution in [0.15, 0.2) is 36.7 Å². The van der Waals surface area contributed by atoms with Gasteiger partial charge in [0.25, 0.3) is 0 Å². The van der Waals surface area contributed by atoms with E-state index in [9.17, 15) is 5.11 Å². The van der Waals surface area contributed by atoms with Crippen molar-refractivity contribution in [2.75, 3.05) is 6.61 Å². The highest BCUT2D eigenvalue weighted by molar-refractivity contribution is 5.73. The standard InChI is InChI=1S/C13H12N2O2/c16-8-5-13(17)9-3-1-6-14-11(9)12-10(13)4-2-7-15-12/h1-4,6-7,16-17H,5,8H2. The molecule has 0 aromatic carbocycles. The third-order valence-corrected chi connectivity index (χ3v) is 3.20. The summed E-state index contributed by atoms with van der Waals surface area (Å²) in [4.78, 5) is 8.55. The molecule has 0 saturated carbocycles. The number of hydrogen-bond donors (Lipinski definition) is 2. The summed E-state index contributed by atoms with van der Waals surface area (Å²) in [5.41, 5.74) is 1.70. The van der Waals surface area contributed by atoms with E-state index in [0.717, 1.165) is 11.1 Å². The van der Waals surface area contributed by atoms with Gasteiger partial charge in [0.15, 0.2) is 0 Å². The molecule has 0 spiro atoms. The summed E-state index contributed by atoms with van der Waals surface area (Å²) in [5, 5.41) is 19.9. The third kappa shape index (κ3) is 1.31.